The minimum absolute atomic E-state index is 0.147. The normalized spacial score (nSPS) is 10.9. The van der Waals surface area contributed by atoms with Gasteiger partial charge in [0.05, 0.1) is 35.5 Å². The standard InChI is InChI=1S/C17H19ClN6O2S/c1-9-15(10(2)24(3)23-9)19-14(25)8-27-17-20-16(21-22-17)12-7-11(18)5-6-13(12)26-4/h5-7H,8H2,1-4H3,(H,19,25)(H,20,21,22). The zero-order chi connectivity index (χ0) is 19.6. The molecule has 0 fully saturated rings. The van der Waals surface area contributed by atoms with E-state index in [1.807, 2.05) is 20.9 Å². The van der Waals surface area contributed by atoms with Gasteiger partial charge in [-0.2, -0.15) is 5.10 Å². The van der Waals surface area contributed by atoms with Crippen LogP contribution in [-0.4, -0.2) is 43.7 Å². The summed E-state index contributed by atoms with van der Waals surface area (Å²) in [6.45, 7) is 3.76. The average molecular weight is 407 g/mol. The van der Waals surface area contributed by atoms with Gasteiger partial charge in [-0.05, 0) is 32.0 Å². The summed E-state index contributed by atoms with van der Waals surface area (Å²) in [4.78, 5) is 16.7. The number of H-pyrrole nitrogens is 1. The van der Waals surface area contributed by atoms with Crippen LogP contribution >= 0.6 is 23.4 Å². The number of carbonyl (C=O) groups is 1. The van der Waals surface area contributed by atoms with E-state index in [4.69, 9.17) is 16.3 Å². The quantitative estimate of drug-likeness (QED) is 0.610. The number of benzene rings is 1. The Bertz CT molecular complexity index is 984. The molecule has 142 valence electrons. The Hall–Kier alpha value is -2.52. The Balaban J connectivity index is 1.66. The second-order valence-corrected chi connectivity index (χ2v) is 7.20. The molecule has 8 nitrogen and oxygen atoms in total. The van der Waals surface area contributed by atoms with E-state index in [-0.39, 0.29) is 11.7 Å². The number of hydrogen-bond donors (Lipinski definition) is 2. The third kappa shape index (κ3) is 4.25. The number of carbonyl (C=O) groups excluding carboxylic acids is 1. The molecule has 2 aromatic heterocycles. The predicted octanol–water partition coefficient (Wildman–Crippen LogP) is 3.21. The van der Waals surface area contributed by atoms with Gasteiger partial charge in [0.15, 0.2) is 5.82 Å². The Morgan fingerprint density at radius 1 is 1.41 bits per heavy atom. The van der Waals surface area contributed by atoms with Crippen LogP contribution in [0.1, 0.15) is 11.4 Å². The molecule has 1 amide bonds. The van der Waals surface area contributed by atoms with Crippen LogP contribution in [-0.2, 0) is 11.8 Å². The number of ether oxygens (including phenoxy) is 1. The maximum Gasteiger partial charge on any atom is 0.234 e. The lowest BCUT2D eigenvalue weighted by atomic mass is 10.2. The third-order valence-corrected chi connectivity index (χ3v) is 5.07. The topological polar surface area (TPSA) is 97.7 Å². The maximum absolute atomic E-state index is 12.2. The van der Waals surface area contributed by atoms with Crippen molar-refractivity contribution in [2.45, 2.75) is 19.0 Å². The Labute approximate surface area is 165 Å². The lowest BCUT2D eigenvalue weighted by molar-refractivity contribution is -0.113. The smallest absolute Gasteiger partial charge is 0.234 e. The predicted molar refractivity (Wildman–Crippen MR) is 105 cm³/mol. The van der Waals surface area contributed by atoms with E-state index in [2.05, 4.69) is 25.6 Å². The van der Waals surface area contributed by atoms with E-state index in [0.717, 1.165) is 17.1 Å². The van der Waals surface area contributed by atoms with Crippen LogP contribution in [0.5, 0.6) is 5.75 Å². The second-order valence-electron chi connectivity index (χ2n) is 5.82. The zero-order valence-corrected chi connectivity index (χ0v) is 16.9. The van der Waals surface area contributed by atoms with Crippen molar-refractivity contribution in [3.8, 4) is 17.1 Å². The zero-order valence-electron chi connectivity index (χ0n) is 15.3. The molecule has 0 atom stereocenters. The number of amides is 1. The van der Waals surface area contributed by atoms with Crippen LogP contribution in [0.3, 0.4) is 0 Å². The largest absolute Gasteiger partial charge is 0.496 e. The van der Waals surface area contributed by atoms with E-state index in [0.29, 0.717) is 27.3 Å². The lowest BCUT2D eigenvalue weighted by Crippen LogP contribution is -2.15. The summed E-state index contributed by atoms with van der Waals surface area (Å²) < 4.78 is 7.06. The molecule has 0 unspecified atom stereocenters. The highest BCUT2D eigenvalue weighted by atomic mass is 35.5. The Morgan fingerprint density at radius 2 is 2.19 bits per heavy atom. The molecule has 0 bridgehead atoms. The molecule has 0 saturated carbocycles. The first-order valence-electron chi connectivity index (χ1n) is 8.08. The minimum Gasteiger partial charge on any atom is -0.496 e. The number of nitrogens with zero attached hydrogens (tertiary/aromatic N) is 4. The summed E-state index contributed by atoms with van der Waals surface area (Å²) in [6.07, 6.45) is 0. The minimum atomic E-state index is -0.147. The highest BCUT2D eigenvalue weighted by molar-refractivity contribution is 7.99. The lowest BCUT2D eigenvalue weighted by Gasteiger charge is -2.05. The molecule has 27 heavy (non-hydrogen) atoms. The number of methoxy groups -OCH3 is 1. The van der Waals surface area contributed by atoms with Crippen LogP contribution in [0.15, 0.2) is 23.4 Å². The number of anilines is 1. The van der Waals surface area contributed by atoms with Crippen molar-refractivity contribution < 1.29 is 9.53 Å². The molecule has 0 aliphatic heterocycles. The van der Waals surface area contributed by atoms with Crippen LogP contribution < -0.4 is 10.1 Å². The van der Waals surface area contributed by atoms with Crippen LogP contribution in [0, 0.1) is 13.8 Å². The molecule has 0 spiro atoms. The summed E-state index contributed by atoms with van der Waals surface area (Å²) in [5.74, 6) is 1.19. The number of aromatic amines is 1. The van der Waals surface area contributed by atoms with Gasteiger partial charge in [0, 0.05) is 12.1 Å². The number of thioether (sulfide) groups is 1. The number of rotatable bonds is 6. The van der Waals surface area contributed by atoms with Crippen LogP contribution in [0.2, 0.25) is 5.02 Å². The summed E-state index contributed by atoms with van der Waals surface area (Å²) in [5, 5.41) is 15.2. The maximum atomic E-state index is 12.2. The highest BCUT2D eigenvalue weighted by Crippen LogP contribution is 2.31. The Kier molecular flexibility index (Phi) is 5.71. The molecule has 0 radical (unpaired) electrons. The average Bonchev–Trinajstić information content (AvgIpc) is 3.20. The molecule has 0 aliphatic carbocycles. The van der Waals surface area contributed by atoms with E-state index in [1.54, 1.807) is 30.0 Å². The summed E-state index contributed by atoms with van der Waals surface area (Å²) in [6, 6.07) is 5.25. The van der Waals surface area contributed by atoms with E-state index < -0.39 is 0 Å². The van der Waals surface area contributed by atoms with E-state index in [9.17, 15) is 4.79 Å². The van der Waals surface area contributed by atoms with Gasteiger partial charge in [-0.1, -0.05) is 23.4 Å². The first-order chi connectivity index (χ1) is 12.9. The molecule has 10 heteroatoms. The Morgan fingerprint density at radius 3 is 2.85 bits per heavy atom. The third-order valence-electron chi connectivity index (χ3n) is 3.99. The van der Waals surface area contributed by atoms with Gasteiger partial charge in [-0.25, -0.2) is 4.98 Å². The van der Waals surface area contributed by atoms with Gasteiger partial charge in [0.1, 0.15) is 5.75 Å². The molecule has 3 rings (SSSR count). The number of nitrogens with one attached hydrogen (secondary N) is 2. The van der Waals surface area contributed by atoms with Gasteiger partial charge < -0.3 is 10.1 Å². The highest BCUT2D eigenvalue weighted by Gasteiger charge is 2.15. The number of aryl methyl sites for hydroxylation is 2. The van der Waals surface area contributed by atoms with Gasteiger partial charge >= 0.3 is 0 Å². The van der Waals surface area contributed by atoms with Crippen molar-refractivity contribution in [2.24, 2.45) is 7.05 Å². The first kappa shape index (κ1) is 19.2. The molecular formula is C17H19ClN6O2S. The van der Waals surface area contributed by atoms with Gasteiger partial charge in [-0.15, -0.1) is 5.10 Å². The van der Waals surface area contributed by atoms with E-state index in [1.165, 1.54) is 11.8 Å². The molecule has 3 aromatic rings. The van der Waals surface area contributed by atoms with Gasteiger partial charge in [-0.3, -0.25) is 14.6 Å². The molecule has 2 heterocycles. The fourth-order valence-corrected chi connectivity index (χ4v) is 3.33. The monoisotopic (exact) mass is 406 g/mol. The van der Waals surface area contributed by atoms with E-state index >= 15 is 0 Å². The summed E-state index contributed by atoms with van der Waals surface area (Å²) in [7, 11) is 3.41. The molecular weight excluding hydrogens is 388 g/mol. The van der Waals surface area contributed by atoms with Crippen LogP contribution in [0.4, 0.5) is 5.69 Å². The second kappa shape index (κ2) is 8.01. The summed E-state index contributed by atoms with van der Waals surface area (Å²) >= 11 is 7.29. The molecule has 0 saturated heterocycles. The van der Waals surface area contributed by atoms with Crippen molar-refractivity contribution in [2.75, 3.05) is 18.2 Å². The van der Waals surface area contributed by atoms with Gasteiger partial charge in [0.25, 0.3) is 0 Å². The molecule has 2 N–H and O–H groups in total. The van der Waals surface area contributed by atoms with Crippen LogP contribution in [0.25, 0.3) is 11.4 Å². The van der Waals surface area contributed by atoms with Crippen molar-refractivity contribution in [1.82, 2.24) is 25.0 Å². The number of aromatic nitrogens is 5. The fourth-order valence-electron chi connectivity index (χ4n) is 2.56. The van der Waals surface area contributed by atoms with Crippen molar-refractivity contribution in [1.29, 1.82) is 0 Å². The van der Waals surface area contributed by atoms with Gasteiger partial charge in [0.2, 0.25) is 11.1 Å². The number of halogens is 1. The number of hydrogen-bond acceptors (Lipinski definition) is 6. The fraction of sp³-hybridized carbons (Fsp3) is 0.294. The summed E-state index contributed by atoms with van der Waals surface area (Å²) in [5.41, 5.74) is 3.12. The van der Waals surface area contributed by atoms with Crippen molar-refractivity contribution in [3.63, 3.8) is 0 Å². The van der Waals surface area contributed by atoms with Crippen molar-refractivity contribution >= 4 is 35.0 Å². The first-order valence-corrected chi connectivity index (χ1v) is 9.44. The van der Waals surface area contributed by atoms with Crippen molar-refractivity contribution in [3.05, 3.63) is 34.6 Å². The SMILES string of the molecule is COc1ccc(Cl)cc1-c1nc(SCC(=O)Nc2c(C)nn(C)c2C)n[nH]1. The molecule has 0 aliphatic rings. The molecule has 1 aromatic carbocycles.